The number of thioether (sulfide) groups is 1. The molecule has 4 nitrogen and oxygen atoms in total. The van der Waals surface area contributed by atoms with Gasteiger partial charge in [0.05, 0.1) is 6.10 Å². The molecule has 0 saturated heterocycles. The van der Waals surface area contributed by atoms with E-state index in [9.17, 15) is 4.79 Å². The topological polar surface area (TPSA) is 62.5 Å². The number of rotatable bonds is 16. The number of allylic oxidation sites excluding steroid dienone is 4. The SMILES string of the molecule is C=C/C=C(/C)SC(=C)c1cc(OC2CC(CC)(CCC)C2)cc(C(=O)CC[C@H](C)/C(C=N)=C/N=C(C)C(C)(C)C)c1. The number of hydrogen-bond acceptors (Lipinski definition) is 5. The minimum absolute atomic E-state index is 0.0243. The Bertz CT molecular complexity index is 1190. The van der Waals surface area contributed by atoms with E-state index in [1.54, 1.807) is 24.0 Å². The summed E-state index contributed by atoms with van der Waals surface area (Å²) >= 11 is 1.57. The van der Waals surface area contributed by atoms with Crippen LogP contribution in [0.4, 0.5) is 0 Å². The molecule has 0 bridgehead atoms. The maximum absolute atomic E-state index is 13.5. The standard InChI is InChI=1S/C36H52N2O2S/c1-11-14-26(5)41-27(6)29-18-30(20-32(19-29)40-33-21-36(13-3,22-33)17-12-2)34(39)16-15-25(4)31(23-37)24-38-28(7)35(8,9)10/h11,14,18-20,23-25,33,37H,1,6,12-13,15-17,21-22H2,2-5,7-10H3/b26-14-,31-24+,37-23?,38-28?/t25-,33?,36?/m0/s1. The zero-order chi connectivity index (χ0) is 30.8. The molecular formula is C36H52N2O2S. The molecule has 1 aliphatic rings. The molecule has 1 aliphatic carbocycles. The van der Waals surface area contributed by atoms with Crippen LogP contribution in [0.25, 0.3) is 4.91 Å². The molecule has 224 valence electrons. The zero-order valence-electron chi connectivity index (χ0n) is 26.7. The Kier molecular flexibility index (Phi) is 13.1. The van der Waals surface area contributed by atoms with Crippen LogP contribution in [0.3, 0.4) is 0 Å². The molecule has 2 rings (SSSR count). The molecule has 1 atom stereocenters. The summed E-state index contributed by atoms with van der Waals surface area (Å²) in [6.07, 6.45) is 13.8. The maximum atomic E-state index is 13.5. The number of hydrogen-bond donors (Lipinski definition) is 1. The Morgan fingerprint density at radius 3 is 2.44 bits per heavy atom. The van der Waals surface area contributed by atoms with E-state index in [1.165, 1.54) is 25.5 Å². The molecule has 1 aromatic rings. The van der Waals surface area contributed by atoms with Crippen molar-refractivity contribution in [1.82, 2.24) is 0 Å². The van der Waals surface area contributed by atoms with Crippen LogP contribution in [0.15, 0.2) is 65.2 Å². The lowest BCUT2D eigenvalue weighted by Crippen LogP contribution is -2.43. The lowest BCUT2D eigenvalue weighted by atomic mass is 9.63. The monoisotopic (exact) mass is 576 g/mol. The van der Waals surface area contributed by atoms with Crippen molar-refractivity contribution in [1.29, 1.82) is 5.41 Å². The number of carbonyl (C=O) groups is 1. The second-order valence-corrected chi connectivity index (χ2v) is 14.0. The number of nitrogens with zero attached hydrogens (tertiary/aromatic N) is 1. The first-order chi connectivity index (χ1) is 19.3. The second-order valence-electron chi connectivity index (χ2n) is 12.6. The highest BCUT2D eigenvalue weighted by atomic mass is 32.2. The van der Waals surface area contributed by atoms with Crippen LogP contribution in [0.5, 0.6) is 5.75 Å². The Hall–Kier alpha value is -2.66. The normalized spacial score (nSPS) is 20.7. The third-order valence-corrected chi connectivity index (χ3v) is 9.31. The highest BCUT2D eigenvalue weighted by Gasteiger charge is 2.43. The fourth-order valence-corrected chi connectivity index (χ4v) is 5.94. The number of aliphatic imine (C=N–C) groups is 1. The van der Waals surface area contributed by atoms with E-state index in [-0.39, 0.29) is 23.2 Å². The van der Waals surface area contributed by atoms with Crippen molar-refractivity contribution in [2.45, 2.75) is 106 Å². The highest BCUT2D eigenvalue weighted by molar-refractivity contribution is 8.11. The van der Waals surface area contributed by atoms with Gasteiger partial charge >= 0.3 is 0 Å². The lowest BCUT2D eigenvalue weighted by Gasteiger charge is -2.47. The predicted molar refractivity (Wildman–Crippen MR) is 180 cm³/mol. The number of benzene rings is 1. The zero-order valence-corrected chi connectivity index (χ0v) is 27.5. The molecule has 1 fully saturated rings. The van der Waals surface area contributed by atoms with E-state index in [4.69, 9.17) is 10.1 Å². The Morgan fingerprint density at radius 1 is 1.22 bits per heavy atom. The van der Waals surface area contributed by atoms with Crippen LogP contribution in [0.2, 0.25) is 0 Å². The molecule has 0 aromatic heterocycles. The van der Waals surface area contributed by atoms with Crippen molar-refractivity contribution in [2.24, 2.45) is 21.7 Å². The molecule has 1 N–H and O–H groups in total. The summed E-state index contributed by atoms with van der Waals surface area (Å²) in [5, 5.41) is 7.90. The Morgan fingerprint density at radius 2 is 1.88 bits per heavy atom. The first-order valence-corrected chi connectivity index (χ1v) is 15.9. The second kappa shape index (κ2) is 15.5. The van der Waals surface area contributed by atoms with E-state index in [1.807, 2.05) is 38.1 Å². The van der Waals surface area contributed by atoms with E-state index >= 15 is 0 Å². The summed E-state index contributed by atoms with van der Waals surface area (Å²) in [4.78, 5) is 20.0. The predicted octanol–water partition coefficient (Wildman–Crippen LogP) is 10.9. The number of carbonyl (C=O) groups excluding carboxylic acids is 1. The van der Waals surface area contributed by atoms with Crippen molar-refractivity contribution in [3.63, 3.8) is 0 Å². The van der Waals surface area contributed by atoms with Crippen molar-refractivity contribution in [3.05, 3.63) is 71.3 Å². The molecule has 5 heteroatoms. The molecule has 0 radical (unpaired) electrons. The van der Waals surface area contributed by atoms with Gasteiger partial charge in [0.25, 0.3) is 0 Å². The van der Waals surface area contributed by atoms with Gasteiger partial charge in [-0.1, -0.05) is 91.5 Å². The van der Waals surface area contributed by atoms with Gasteiger partial charge in [-0.2, -0.15) is 0 Å². The van der Waals surface area contributed by atoms with Gasteiger partial charge < -0.3 is 10.1 Å². The van der Waals surface area contributed by atoms with Crippen molar-refractivity contribution < 1.29 is 9.53 Å². The van der Waals surface area contributed by atoms with Gasteiger partial charge in [-0.15, -0.1) is 0 Å². The number of nitrogens with one attached hydrogen (secondary N) is 1. The third-order valence-electron chi connectivity index (χ3n) is 8.37. The minimum atomic E-state index is -0.0243. The molecule has 1 aromatic carbocycles. The van der Waals surface area contributed by atoms with Gasteiger partial charge in [0.1, 0.15) is 5.75 Å². The van der Waals surface area contributed by atoms with E-state index in [0.29, 0.717) is 23.8 Å². The molecule has 0 aliphatic heterocycles. The van der Waals surface area contributed by atoms with Crippen LogP contribution in [-0.2, 0) is 0 Å². The van der Waals surface area contributed by atoms with Crippen molar-refractivity contribution >= 4 is 34.4 Å². The fraction of sp³-hybridized carbons (Fsp3) is 0.528. The smallest absolute Gasteiger partial charge is 0.163 e. The van der Waals surface area contributed by atoms with Crippen LogP contribution in [0.1, 0.15) is 116 Å². The molecule has 41 heavy (non-hydrogen) atoms. The van der Waals surface area contributed by atoms with Crippen LogP contribution < -0.4 is 4.74 Å². The number of ether oxygens (including phenoxy) is 1. The van der Waals surface area contributed by atoms with E-state index in [2.05, 4.69) is 59.7 Å². The highest BCUT2D eigenvalue weighted by Crippen LogP contribution is 2.49. The molecule has 0 heterocycles. The Labute approximate surface area is 254 Å². The van der Waals surface area contributed by atoms with Crippen LogP contribution in [-0.4, -0.2) is 23.8 Å². The summed E-state index contributed by atoms with van der Waals surface area (Å²) < 4.78 is 6.46. The summed E-state index contributed by atoms with van der Waals surface area (Å²) in [7, 11) is 0. The van der Waals surface area contributed by atoms with Gasteiger partial charge in [-0.05, 0) is 90.5 Å². The number of ketones is 1. The molecule has 1 saturated carbocycles. The summed E-state index contributed by atoms with van der Waals surface area (Å²) in [6.45, 7) is 25.1. The first-order valence-electron chi connectivity index (χ1n) is 15.0. The summed E-state index contributed by atoms with van der Waals surface area (Å²) in [5.41, 5.74) is 3.76. The van der Waals surface area contributed by atoms with Gasteiger partial charge in [0.2, 0.25) is 0 Å². The molecule has 0 spiro atoms. The quantitative estimate of drug-likeness (QED) is 0.121. The van der Waals surface area contributed by atoms with Gasteiger partial charge in [-0.25, -0.2) is 0 Å². The van der Waals surface area contributed by atoms with E-state index < -0.39 is 0 Å². The molecular weight excluding hydrogens is 524 g/mol. The third kappa shape index (κ3) is 10.3. The average molecular weight is 577 g/mol. The van der Waals surface area contributed by atoms with Crippen molar-refractivity contribution in [2.75, 3.05) is 0 Å². The first kappa shape index (κ1) is 34.5. The van der Waals surface area contributed by atoms with Crippen molar-refractivity contribution in [3.8, 4) is 5.75 Å². The molecule has 0 unspecified atom stereocenters. The summed E-state index contributed by atoms with van der Waals surface area (Å²) in [5.74, 6) is 0.852. The number of Topliss-reactive ketones (excluding diaryl/α,β-unsaturated/α-hetero) is 1. The fourth-order valence-electron chi connectivity index (χ4n) is 5.15. The molecule has 0 amide bonds. The van der Waals surface area contributed by atoms with Gasteiger partial charge in [0.15, 0.2) is 5.78 Å². The summed E-state index contributed by atoms with van der Waals surface area (Å²) in [6, 6.07) is 5.86. The van der Waals surface area contributed by atoms with Gasteiger partial charge in [0, 0.05) is 35.0 Å². The van der Waals surface area contributed by atoms with Crippen LogP contribution in [0, 0.1) is 22.2 Å². The lowest BCUT2D eigenvalue weighted by molar-refractivity contribution is -0.0242. The maximum Gasteiger partial charge on any atom is 0.163 e. The largest absolute Gasteiger partial charge is 0.490 e. The minimum Gasteiger partial charge on any atom is -0.490 e. The Balaban J connectivity index is 2.24. The average Bonchev–Trinajstić information content (AvgIpc) is 2.89. The van der Waals surface area contributed by atoms with Gasteiger partial charge in [-0.3, -0.25) is 9.79 Å². The van der Waals surface area contributed by atoms with Crippen LogP contribution >= 0.6 is 11.8 Å². The van der Waals surface area contributed by atoms with E-state index in [0.717, 1.165) is 45.2 Å².